The molecule has 1 aliphatic carbocycles. The highest BCUT2D eigenvalue weighted by Gasteiger charge is 2.28. The van der Waals surface area contributed by atoms with Crippen molar-refractivity contribution in [3.05, 3.63) is 5.82 Å². The van der Waals surface area contributed by atoms with Gasteiger partial charge in [-0.3, -0.25) is 4.99 Å². The van der Waals surface area contributed by atoms with E-state index in [2.05, 4.69) is 63.8 Å². The lowest BCUT2D eigenvalue weighted by molar-refractivity contribution is 0.375. The molecule has 2 fully saturated rings. The minimum absolute atomic E-state index is 0. The van der Waals surface area contributed by atoms with Gasteiger partial charge in [0.25, 0.3) is 0 Å². The van der Waals surface area contributed by atoms with Gasteiger partial charge in [-0.1, -0.05) is 24.6 Å². The molecule has 3 rings (SSSR count). The van der Waals surface area contributed by atoms with Crippen LogP contribution in [0.1, 0.15) is 64.7 Å². The molecule has 0 aromatic carbocycles. The second-order valence-electron chi connectivity index (χ2n) is 8.28. The third-order valence-electron chi connectivity index (χ3n) is 5.49. The highest BCUT2D eigenvalue weighted by atomic mass is 127. The van der Waals surface area contributed by atoms with Gasteiger partial charge in [-0.05, 0) is 46.3 Å². The van der Waals surface area contributed by atoms with E-state index < -0.39 is 0 Å². The van der Waals surface area contributed by atoms with Gasteiger partial charge in [0.05, 0.1) is 0 Å². The fourth-order valence-corrected chi connectivity index (χ4v) is 5.88. The lowest BCUT2D eigenvalue weighted by atomic mass is 10.2. The molecular weight excluding hydrogens is 515 g/mol. The smallest absolute Gasteiger partial charge is 0.193 e. The Morgan fingerprint density at radius 3 is 2.72 bits per heavy atom. The van der Waals surface area contributed by atoms with Crippen molar-refractivity contribution < 1.29 is 0 Å². The monoisotopic (exact) mass is 552 g/mol. The normalized spacial score (nSPS) is 20.0. The van der Waals surface area contributed by atoms with Crippen molar-refractivity contribution in [3.63, 3.8) is 0 Å². The molecule has 0 amide bonds. The second-order valence-corrected chi connectivity index (χ2v) is 10.9. The fourth-order valence-electron chi connectivity index (χ4n) is 4.19. The summed E-state index contributed by atoms with van der Waals surface area (Å²) in [6, 6.07) is 0.598. The summed E-state index contributed by atoms with van der Waals surface area (Å²) >= 11 is 3.77. The van der Waals surface area contributed by atoms with Crippen molar-refractivity contribution in [1.29, 1.82) is 0 Å². The summed E-state index contributed by atoms with van der Waals surface area (Å²) in [5.41, 5.74) is 0. The first-order valence-electron chi connectivity index (χ1n) is 10.7. The van der Waals surface area contributed by atoms with E-state index in [-0.39, 0.29) is 24.0 Å². The first kappa shape index (κ1) is 25.1. The zero-order valence-electron chi connectivity index (χ0n) is 18.3. The van der Waals surface area contributed by atoms with Crippen molar-refractivity contribution in [2.75, 3.05) is 38.2 Å². The van der Waals surface area contributed by atoms with Crippen LogP contribution in [-0.4, -0.2) is 68.6 Å². The molecule has 0 unspecified atom stereocenters. The van der Waals surface area contributed by atoms with Crippen LogP contribution in [0, 0.1) is 0 Å². The Morgan fingerprint density at radius 2 is 2.07 bits per heavy atom. The number of aliphatic imine (C=N–C) groups is 1. The third kappa shape index (κ3) is 6.92. The molecular formula is C20H37IN6S2. The number of thioether (sulfide) groups is 2. The highest BCUT2D eigenvalue weighted by Crippen LogP contribution is 2.33. The number of aromatic nitrogens is 3. The SMILES string of the molecule is CCNC(=NCCCc1nnc(SC)n1C1CCCC1)N1CCSC(C)(C)C1.I. The average Bonchev–Trinajstić information content (AvgIpc) is 3.32. The molecule has 2 aliphatic rings. The number of hydrogen-bond acceptors (Lipinski definition) is 5. The Morgan fingerprint density at radius 1 is 1.31 bits per heavy atom. The Hall–Kier alpha value is -0.160. The Balaban J connectivity index is 0.00000300. The van der Waals surface area contributed by atoms with Crippen molar-refractivity contribution in [2.24, 2.45) is 4.99 Å². The van der Waals surface area contributed by atoms with Crippen LogP contribution in [0.4, 0.5) is 0 Å². The van der Waals surface area contributed by atoms with Crippen LogP contribution in [0.15, 0.2) is 10.1 Å². The molecule has 166 valence electrons. The van der Waals surface area contributed by atoms with E-state index in [0.717, 1.165) is 56.0 Å². The molecule has 1 aromatic heterocycles. The van der Waals surface area contributed by atoms with Crippen LogP contribution in [0.3, 0.4) is 0 Å². The van der Waals surface area contributed by atoms with E-state index in [4.69, 9.17) is 4.99 Å². The minimum Gasteiger partial charge on any atom is -0.357 e. The van der Waals surface area contributed by atoms with Crippen molar-refractivity contribution >= 4 is 53.5 Å². The van der Waals surface area contributed by atoms with E-state index in [0.29, 0.717) is 10.8 Å². The summed E-state index contributed by atoms with van der Waals surface area (Å²) in [6.07, 6.45) is 9.26. The second kappa shape index (κ2) is 12.0. The molecule has 1 aliphatic heterocycles. The molecule has 0 spiro atoms. The molecule has 29 heavy (non-hydrogen) atoms. The third-order valence-corrected chi connectivity index (χ3v) is 7.43. The molecule has 0 bridgehead atoms. The van der Waals surface area contributed by atoms with Gasteiger partial charge < -0.3 is 14.8 Å². The van der Waals surface area contributed by atoms with Gasteiger partial charge in [-0.15, -0.1) is 34.2 Å². The van der Waals surface area contributed by atoms with E-state index >= 15 is 0 Å². The largest absolute Gasteiger partial charge is 0.357 e. The number of rotatable bonds is 7. The average molecular weight is 553 g/mol. The van der Waals surface area contributed by atoms with Gasteiger partial charge in [-0.2, -0.15) is 11.8 Å². The molecule has 1 aromatic rings. The fraction of sp³-hybridized carbons (Fsp3) is 0.850. The molecule has 1 N–H and O–H groups in total. The summed E-state index contributed by atoms with van der Waals surface area (Å²) in [7, 11) is 0. The topological polar surface area (TPSA) is 58.3 Å². The van der Waals surface area contributed by atoms with E-state index in [9.17, 15) is 0 Å². The molecule has 6 nitrogen and oxygen atoms in total. The Labute approximate surface area is 201 Å². The van der Waals surface area contributed by atoms with Gasteiger partial charge in [-0.25, -0.2) is 0 Å². The van der Waals surface area contributed by atoms with Crippen molar-refractivity contribution in [3.8, 4) is 0 Å². The predicted octanol–water partition coefficient (Wildman–Crippen LogP) is 4.46. The summed E-state index contributed by atoms with van der Waals surface area (Å²) in [6.45, 7) is 10.7. The molecule has 1 saturated carbocycles. The molecule has 0 atom stereocenters. The minimum atomic E-state index is 0. The van der Waals surface area contributed by atoms with Crippen molar-refractivity contribution in [1.82, 2.24) is 25.0 Å². The summed E-state index contributed by atoms with van der Waals surface area (Å²) in [5.74, 6) is 3.38. The van der Waals surface area contributed by atoms with Gasteiger partial charge in [0, 0.05) is 49.1 Å². The number of nitrogens with one attached hydrogen (secondary N) is 1. The van der Waals surface area contributed by atoms with Crippen LogP contribution < -0.4 is 5.32 Å². The van der Waals surface area contributed by atoms with E-state index in [1.54, 1.807) is 11.8 Å². The summed E-state index contributed by atoms with van der Waals surface area (Å²) < 4.78 is 2.71. The van der Waals surface area contributed by atoms with Crippen LogP contribution in [-0.2, 0) is 6.42 Å². The molecule has 9 heteroatoms. The Bertz CT molecular complexity index is 657. The van der Waals surface area contributed by atoms with Gasteiger partial charge in [0.15, 0.2) is 11.1 Å². The maximum absolute atomic E-state index is 4.93. The van der Waals surface area contributed by atoms with E-state index in [1.165, 1.54) is 31.4 Å². The van der Waals surface area contributed by atoms with Gasteiger partial charge in [0.1, 0.15) is 5.82 Å². The maximum atomic E-state index is 4.93. The van der Waals surface area contributed by atoms with Crippen LogP contribution in [0.5, 0.6) is 0 Å². The van der Waals surface area contributed by atoms with E-state index in [1.807, 2.05) is 0 Å². The van der Waals surface area contributed by atoms with Gasteiger partial charge >= 0.3 is 0 Å². The molecule has 1 saturated heterocycles. The zero-order chi connectivity index (χ0) is 20.0. The van der Waals surface area contributed by atoms with Crippen LogP contribution in [0.25, 0.3) is 0 Å². The predicted molar refractivity (Wildman–Crippen MR) is 137 cm³/mol. The molecule has 0 radical (unpaired) electrons. The number of nitrogens with zero attached hydrogens (tertiary/aromatic N) is 5. The number of aryl methyl sites for hydroxylation is 1. The Kier molecular flexibility index (Phi) is 10.4. The zero-order valence-corrected chi connectivity index (χ0v) is 22.3. The lowest BCUT2D eigenvalue weighted by Crippen LogP contribution is -2.51. The molecule has 2 heterocycles. The first-order valence-corrected chi connectivity index (χ1v) is 12.9. The van der Waals surface area contributed by atoms with Gasteiger partial charge in [0.2, 0.25) is 0 Å². The lowest BCUT2D eigenvalue weighted by Gasteiger charge is -2.39. The summed E-state index contributed by atoms with van der Waals surface area (Å²) in [5, 5.41) is 13.5. The number of guanidine groups is 1. The maximum Gasteiger partial charge on any atom is 0.193 e. The van der Waals surface area contributed by atoms with Crippen LogP contribution >= 0.6 is 47.5 Å². The highest BCUT2D eigenvalue weighted by molar-refractivity contribution is 14.0. The quantitative estimate of drug-likeness (QED) is 0.177. The van der Waals surface area contributed by atoms with Crippen molar-refractivity contribution in [2.45, 2.75) is 75.2 Å². The standard InChI is InChI=1S/C20H36N6S2.HI/c1-5-21-18(25-13-14-28-20(2,3)15-25)22-12-8-11-17-23-24-19(27-4)26(17)16-9-6-7-10-16;/h16H,5-15H2,1-4H3,(H,21,22);1H. The summed E-state index contributed by atoms with van der Waals surface area (Å²) in [4.78, 5) is 7.35. The number of hydrogen-bond donors (Lipinski definition) is 1. The van der Waals surface area contributed by atoms with Crippen LogP contribution in [0.2, 0.25) is 0 Å². The first-order chi connectivity index (χ1) is 13.5. The number of halogens is 1.